The smallest absolute Gasteiger partial charge is 0.131 e. The van der Waals surface area contributed by atoms with Gasteiger partial charge in [-0.05, 0) is 38.3 Å². The zero-order valence-electron chi connectivity index (χ0n) is 12.0. The minimum Gasteiger partial charge on any atom is -0.389 e. The van der Waals surface area contributed by atoms with Crippen LogP contribution in [0.2, 0.25) is 0 Å². The van der Waals surface area contributed by atoms with Gasteiger partial charge in [-0.25, -0.2) is 9.07 Å². The third kappa shape index (κ3) is 2.61. The van der Waals surface area contributed by atoms with Crippen molar-refractivity contribution in [3.63, 3.8) is 0 Å². The number of hydrogen-bond donors (Lipinski definition) is 1. The number of hydrogen-bond acceptors (Lipinski definition) is 3. The molecular weight excluding hydrogens is 245 g/mol. The molecule has 0 bridgehead atoms. The molecule has 104 valence electrons. The molecule has 0 unspecified atom stereocenters. The largest absolute Gasteiger partial charge is 0.389 e. The lowest BCUT2D eigenvalue weighted by Crippen LogP contribution is -2.27. The summed E-state index contributed by atoms with van der Waals surface area (Å²) in [5.74, 6) is -0.178. The Morgan fingerprint density at radius 2 is 2.05 bits per heavy atom. The second kappa shape index (κ2) is 4.56. The summed E-state index contributed by atoms with van der Waals surface area (Å²) in [6.07, 6.45) is 0. The molecule has 1 heterocycles. The maximum atomic E-state index is 14.3. The molecule has 2 aromatic rings. The second-order valence-corrected chi connectivity index (χ2v) is 6.00. The van der Waals surface area contributed by atoms with E-state index in [9.17, 15) is 9.50 Å². The van der Waals surface area contributed by atoms with Crippen molar-refractivity contribution in [2.75, 3.05) is 0 Å². The van der Waals surface area contributed by atoms with Crippen LogP contribution in [0.1, 0.15) is 44.7 Å². The number of benzene rings is 1. The molecule has 0 aliphatic rings. The van der Waals surface area contributed by atoms with Gasteiger partial charge in [0.25, 0.3) is 0 Å². The van der Waals surface area contributed by atoms with Gasteiger partial charge in [0.1, 0.15) is 11.3 Å². The molecule has 0 saturated carbocycles. The van der Waals surface area contributed by atoms with Gasteiger partial charge in [-0.2, -0.15) is 0 Å². The first-order valence-electron chi connectivity index (χ1n) is 6.45. The van der Waals surface area contributed by atoms with E-state index in [4.69, 9.17) is 0 Å². The molecule has 1 N–H and O–H groups in total. The summed E-state index contributed by atoms with van der Waals surface area (Å²) in [5.41, 5.74) is 1.62. The molecular formula is C14H20FN3O. The molecule has 2 rings (SSSR count). The Bertz CT molecular complexity index is 611. The number of rotatable bonds is 3. The van der Waals surface area contributed by atoms with Crippen molar-refractivity contribution in [2.24, 2.45) is 0 Å². The fourth-order valence-corrected chi connectivity index (χ4v) is 2.29. The minimum absolute atomic E-state index is 0.0291. The fourth-order valence-electron chi connectivity index (χ4n) is 2.29. The average molecular weight is 265 g/mol. The predicted octanol–water partition coefficient (Wildman–Crippen LogP) is 2.77. The summed E-state index contributed by atoms with van der Waals surface area (Å²) in [4.78, 5) is 0. The van der Waals surface area contributed by atoms with Gasteiger partial charge in [0.05, 0.1) is 17.7 Å². The molecule has 19 heavy (non-hydrogen) atoms. The molecule has 1 aromatic heterocycles. The van der Waals surface area contributed by atoms with Gasteiger partial charge in [-0.1, -0.05) is 19.1 Å². The molecule has 0 saturated heterocycles. The number of nitrogens with zero attached hydrogens (tertiary/aromatic N) is 3. The number of aromatic nitrogens is 3. The van der Waals surface area contributed by atoms with E-state index in [-0.39, 0.29) is 18.3 Å². The Labute approximate surface area is 112 Å². The Morgan fingerprint density at radius 1 is 1.42 bits per heavy atom. The van der Waals surface area contributed by atoms with E-state index in [2.05, 4.69) is 10.3 Å². The summed E-state index contributed by atoms with van der Waals surface area (Å²) in [6, 6.07) is 1.70. The topological polar surface area (TPSA) is 50.9 Å². The Morgan fingerprint density at radius 3 is 2.58 bits per heavy atom. The molecule has 0 amide bonds. The molecule has 0 fully saturated rings. The van der Waals surface area contributed by atoms with Gasteiger partial charge in [-0.15, -0.1) is 5.10 Å². The van der Waals surface area contributed by atoms with Gasteiger partial charge in [0.2, 0.25) is 0 Å². The highest BCUT2D eigenvalue weighted by Gasteiger charge is 2.22. The van der Waals surface area contributed by atoms with Crippen molar-refractivity contribution >= 4 is 11.0 Å². The zero-order chi connectivity index (χ0) is 14.4. The van der Waals surface area contributed by atoms with Crippen LogP contribution < -0.4 is 0 Å². The quantitative estimate of drug-likeness (QED) is 0.928. The van der Waals surface area contributed by atoms with Gasteiger partial charge >= 0.3 is 0 Å². The Balaban J connectivity index is 2.72. The van der Waals surface area contributed by atoms with Crippen molar-refractivity contribution in [3.8, 4) is 0 Å². The maximum Gasteiger partial charge on any atom is 0.131 e. The second-order valence-electron chi connectivity index (χ2n) is 6.00. The molecule has 0 atom stereocenters. The summed E-state index contributed by atoms with van der Waals surface area (Å²) in [7, 11) is 0. The van der Waals surface area contributed by atoms with Crippen molar-refractivity contribution in [1.82, 2.24) is 15.0 Å². The maximum absolute atomic E-state index is 14.3. The summed E-state index contributed by atoms with van der Waals surface area (Å²) in [6.45, 7) is 9.29. The number of aryl methyl sites for hydroxylation is 1. The lowest BCUT2D eigenvalue weighted by atomic mass is 9.98. The van der Waals surface area contributed by atoms with Crippen molar-refractivity contribution < 1.29 is 9.50 Å². The van der Waals surface area contributed by atoms with E-state index in [1.165, 1.54) is 0 Å². The van der Waals surface area contributed by atoms with E-state index >= 15 is 0 Å². The monoisotopic (exact) mass is 265 g/mol. The summed E-state index contributed by atoms with van der Waals surface area (Å²) < 4.78 is 15.9. The number of aliphatic hydroxyl groups is 1. The molecule has 5 heteroatoms. The van der Waals surface area contributed by atoms with E-state index in [1.807, 2.05) is 13.8 Å². The standard InChI is InChI=1S/C14H20FN3O/c1-8(2)11-12(15)9(3)6-10-13(11)18(17-16-10)7-14(4,5)19/h6,8,19H,7H2,1-5H3. The van der Waals surface area contributed by atoms with Crippen molar-refractivity contribution in [2.45, 2.75) is 52.7 Å². The van der Waals surface area contributed by atoms with Crippen LogP contribution in [0.4, 0.5) is 4.39 Å². The van der Waals surface area contributed by atoms with E-state index in [0.717, 1.165) is 0 Å². The van der Waals surface area contributed by atoms with E-state index in [1.54, 1.807) is 31.5 Å². The zero-order valence-corrected chi connectivity index (χ0v) is 12.0. The highest BCUT2D eigenvalue weighted by molar-refractivity contribution is 5.80. The number of halogens is 1. The van der Waals surface area contributed by atoms with Crippen LogP contribution in [0.15, 0.2) is 6.07 Å². The van der Waals surface area contributed by atoms with Crippen LogP contribution in [-0.4, -0.2) is 25.7 Å². The van der Waals surface area contributed by atoms with Crippen LogP contribution in [0.25, 0.3) is 11.0 Å². The van der Waals surface area contributed by atoms with Crippen LogP contribution in [0, 0.1) is 12.7 Å². The van der Waals surface area contributed by atoms with Crippen LogP contribution in [0.3, 0.4) is 0 Å². The van der Waals surface area contributed by atoms with E-state index < -0.39 is 5.60 Å². The first-order valence-corrected chi connectivity index (χ1v) is 6.45. The molecule has 0 aliphatic carbocycles. The van der Waals surface area contributed by atoms with Crippen molar-refractivity contribution in [3.05, 3.63) is 23.0 Å². The van der Waals surface area contributed by atoms with Crippen molar-refractivity contribution in [1.29, 1.82) is 0 Å². The molecule has 0 spiro atoms. The molecule has 4 nitrogen and oxygen atoms in total. The van der Waals surface area contributed by atoms with Crippen LogP contribution >= 0.6 is 0 Å². The first kappa shape index (κ1) is 13.9. The Hall–Kier alpha value is -1.49. The van der Waals surface area contributed by atoms with Gasteiger partial charge in [-0.3, -0.25) is 0 Å². The normalized spacial score (nSPS) is 12.6. The van der Waals surface area contributed by atoms with Crippen LogP contribution in [0.5, 0.6) is 0 Å². The predicted molar refractivity (Wildman–Crippen MR) is 72.6 cm³/mol. The lowest BCUT2D eigenvalue weighted by Gasteiger charge is -2.19. The molecule has 1 aromatic carbocycles. The first-order chi connectivity index (χ1) is 8.70. The highest BCUT2D eigenvalue weighted by Crippen LogP contribution is 2.29. The highest BCUT2D eigenvalue weighted by atomic mass is 19.1. The van der Waals surface area contributed by atoms with Gasteiger partial charge < -0.3 is 5.11 Å². The Kier molecular flexibility index (Phi) is 3.34. The van der Waals surface area contributed by atoms with Gasteiger partial charge in [0.15, 0.2) is 0 Å². The third-order valence-corrected chi connectivity index (χ3v) is 3.07. The fraction of sp³-hybridized carbons (Fsp3) is 0.571. The third-order valence-electron chi connectivity index (χ3n) is 3.07. The van der Waals surface area contributed by atoms with Crippen LogP contribution in [-0.2, 0) is 6.54 Å². The molecule has 0 radical (unpaired) electrons. The number of fused-ring (bicyclic) bond motifs is 1. The summed E-state index contributed by atoms with van der Waals surface area (Å²) >= 11 is 0. The SMILES string of the molecule is Cc1cc2nnn(CC(C)(C)O)c2c(C(C)C)c1F. The summed E-state index contributed by atoms with van der Waals surface area (Å²) in [5, 5.41) is 18.0. The minimum atomic E-state index is -0.920. The average Bonchev–Trinajstić information content (AvgIpc) is 2.60. The van der Waals surface area contributed by atoms with Gasteiger partial charge in [0, 0.05) is 5.56 Å². The molecule has 0 aliphatic heterocycles. The lowest BCUT2D eigenvalue weighted by molar-refractivity contribution is 0.0584. The van der Waals surface area contributed by atoms with E-state index in [0.29, 0.717) is 22.2 Å².